The summed E-state index contributed by atoms with van der Waals surface area (Å²) in [6, 6.07) is 12.3. The molecule has 9 nitrogen and oxygen atoms in total. The molecule has 1 atom stereocenters. The average molecular weight is 467 g/mol. The molecule has 180 valence electrons. The highest BCUT2D eigenvalue weighted by Gasteiger charge is 2.29. The molecule has 2 aliphatic heterocycles. The Hall–Kier alpha value is -3.59. The summed E-state index contributed by atoms with van der Waals surface area (Å²) < 4.78 is 10.7. The Morgan fingerprint density at radius 2 is 1.88 bits per heavy atom. The monoisotopic (exact) mass is 466 g/mol. The fraction of sp³-hybridized carbons (Fsp3) is 0.400. The van der Waals surface area contributed by atoms with Crippen molar-refractivity contribution in [3.05, 3.63) is 53.6 Å². The second kappa shape index (κ2) is 11.0. The minimum atomic E-state index is -0.643. The number of rotatable bonds is 8. The molecule has 0 spiro atoms. The minimum Gasteiger partial charge on any atom is -0.454 e. The average Bonchev–Trinajstić information content (AvgIpc) is 3.21. The molecule has 3 N–H and O–H groups in total. The van der Waals surface area contributed by atoms with Crippen LogP contribution in [0.3, 0.4) is 0 Å². The van der Waals surface area contributed by atoms with E-state index in [9.17, 15) is 14.4 Å². The normalized spacial score (nSPS) is 17.3. The summed E-state index contributed by atoms with van der Waals surface area (Å²) in [7, 11) is 1.86. The first-order valence-electron chi connectivity index (χ1n) is 11.5. The Labute approximate surface area is 198 Å². The van der Waals surface area contributed by atoms with Crippen LogP contribution in [0.1, 0.15) is 30.4 Å². The van der Waals surface area contributed by atoms with Gasteiger partial charge in [0.2, 0.25) is 24.5 Å². The lowest BCUT2D eigenvalue weighted by Gasteiger charge is -2.24. The van der Waals surface area contributed by atoms with Crippen LogP contribution in [0.4, 0.5) is 5.69 Å². The summed E-state index contributed by atoms with van der Waals surface area (Å²) in [6.07, 6.45) is 2.26. The molecule has 2 aliphatic rings. The van der Waals surface area contributed by atoms with Crippen LogP contribution in [-0.2, 0) is 27.3 Å². The fourth-order valence-electron chi connectivity index (χ4n) is 4.21. The van der Waals surface area contributed by atoms with Crippen molar-refractivity contribution in [1.82, 2.24) is 15.5 Å². The Morgan fingerprint density at radius 1 is 1.03 bits per heavy atom. The molecule has 1 fully saturated rings. The lowest BCUT2D eigenvalue weighted by molar-refractivity contribution is -0.138. The number of hydrogen-bond acceptors (Lipinski definition) is 6. The minimum absolute atomic E-state index is 0.0520. The molecule has 3 amide bonds. The molecular formula is C25H30N4O5. The smallest absolute Gasteiger partial charge is 0.245 e. The van der Waals surface area contributed by atoms with Gasteiger partial charge in [0, 0.05) is 18.8 Å². The van der Waals surface area contributed by atoms with Gasteiger partial charge in [-0.25, -0.2) is 0 Å². The maximum absolute atomic E-state index is 13.1. The van der Waals surface area contributed by atoms with E-state index in [1.165, 1.54) is 4.90 Å². The second-order valence-corrected chi connectivity index (χ2v) is 8.52. The molecule has 0 radical (unpaired) electrons. The van der Waals surface area contributed by atoms with E-state index in [1.54, 1.807) is 12.1 Å². The van der Waals surface area contributed by atoms with Gasteiger partial charge in [-0.1, -0.05) is 18.2 Å². The van der Waals surface area contributed by atoms with Crippen LogP contribution < -0.4 is 25.4 Å². The summed E-state index contributed by atoms with van der Waals surface area (Å²) in [6.45, 7) is 1.30. The summed E-state index contributed by atoms with van der Waals surface area (Å²) >= 11 is 0. The van der Waals surface area contributed by atoms with Gasteiger partial charge in [0.05, 0.1) is 13.0 Å². The number of ether oxygens (including phenoxy) is 2. The topological polar surface area (TPSA) is 109 Å². The molecule has 0 aliphatic carbocycles. The van der Waals surface area contributed by atoms with Crippen LogP contribution in [0.15, 0.2) is 42.5 Å². The number of anilines is 1. The lowest BCUT2D eigenvalue weighted by atomic mass is 10.1. The van der Waals surface area contributed by atoms with Crippen molar-refractivity contribution in [2.24, 2.45) is 0 Å². The lowest BCUT2D eigenvalue weighted by Crippen LogP contribution is -2.49. The van der Waals surface area contributed by atoms with E-state index in [0.717, 1.165) is 24.0 Å². The summed E-state index contributed by atoms with van der Waals surface area (Å²) in [5.74, 6) is 0.540. The largest absolute Gasteiger partial charge is 0.454 e. The van der Waals surface area contributed by atoms with Crippen molar-refractivity contribution in [3.63, 3.8) is 0 Å². The first-order chi connectivity index (χ1) is 16.5. The number of nitrogens with one attached hydrogen (secondary N) is 3. The fourth-order valence-corrected chi connectivity index (χ4v) is 4.21. The standard InChI is InChI=1S/C25H30N4O5/c1-26-14-18-5-4-6-19(11-18)27-24(31)15-29-10-3-2-7-20(25(29)32)28-23(30)13-17-8-9-21-22(12-17)34-16-33-21/h4-6,8-9,11-12,20,26H,2-3,7,10,13-16H2,1H3,(H,27,31)(H,28,30). The zero-order valence-corrected chi connectivity index (χ0v) is 19.3. The van der Waals surface area contributed by atoms with E-state index in [2.05, 4.69) is 16.0 Å². The maximum atomic E-state index is 13.1. The number of benzene rings is 2. The van der Waals surface area contributed by atoms with Crippen LogP contribution in [0.25, 0.3) is 0 Å². The predicted octanol–water partition coefficient (Wildman–Crippen LogP) is 1.81. The third-order valence-corrected chi connectivity index (χ3v) is 5.84. The van der Waals surface area contributed by atoms with Crippen molar-refractivity contribution in [2.75, 3.05) is 32.2 Å². The third kappa shape index (κ3) is 6.05. The maximum Gasteiger partial charge on any atom is 0.245 e. The number of fused-ring (bicyclic) bond motifs is 1. The van der Waals surface area contributed by atoms with E-state index in [4.69, 9.17) is 9.47 Å². The van der Waals surface area contributed by atoms with Gasteiger partial charge in [0.1, 0.15) is 6.04 Å². The quantitative estimate of drug-likeness (QED) is 0.548. The van der Waals surface area contributed by atoms with E-state index in [1.807, 2.05) is 37.4 Å². The Bertz CT molecular complexity index is 1060. The van der Waals surface area contributed by atoms with Crippen LogP contribution in [0.2, 0.25) is 0 Å². The van der Waals surface area contributed by atoms with E-state index in [-0.39, 0.29) is 37.5 Å². The first-order valence-corrected chi connectivity index (χ1v) is 11.5. The molecule has 2 aromatic carbocycles. The molecule has 34 heavy (non-hydrogen) atoms. The van der Waals surface area contributed by atoms with Gasteiger partial charge >= 0.3 is 0 Å². The van der Waals surface area contributed by atoms with Crippen LogP contribution >= 0.6 is 0 Å². The summed E-state index contributed by atoms with van der Waals surface area (Å²) in [4.78, 5) is 39.9. The number of nitrogens with zero attached hydrogens (tertiary/aromatic N) is 1. The zero-order chi connectivity index (χ0) is 23.9. The molecule has 2 heterocycles. The van der Waals surface area contributed by atoms with Crippen molar-refractivity contribution >= 4 is 23.4 Å². The second-order valence-electron chi connectivity index (χ2n) is 8.52. The third-order valence-electron chi connectivity index (χ3n) is 5.84. The first kappa shape index (κ1) is 23.6. The number of amides is 3. The summed E-state index contributed by atoms with van der Waals surface area (Å²) in [5.41, 5.74) is 2.52. The number of carbonyl (C=O) groups is 3. The number of carbonyl (C=O) groups excluding carboxylic acids is 3. The Kier molecular flexibility index (Phi) is 7.64. The van der Waals surface area contributed by atoms with Gasteiger partial charge in [-0.05, 0) is 61.7 Å². The van der Waals surface area contributed by atoms with E-state index >= 15 is 0 Å². The Balaban J connectivity index is 1.32. The van der Waals surface area contributed by atoms with Gasteiger partial charge in [0.15, 0.2) is 11.5 Å². The van der Waals surface area contributed by atoms with Crippen LogP contribution in [0.5, 0.6) is 11.5 Å². The molecule has 0 aromatic heterocycles. The van der Waals surface area contributed by atoms with Crippen LogP contribution in [-0.4, -0.2) is 55.6 Å². The van der Waals surface area contributed by atoms with E-state index < -0.39 is 6.04 Å². The molecule has 0 bridgehead atoms. The van der Waals surface area contributed by atoms with Crippen molar-refractivity contribution in [1.29, 1.82) is 0 Å². The molecular weight excluding hydrogens is 436 g/mol. The highest BCUT2D eigenvalue weighted by atomic mass is 16.7. The van der Waals surface area contributed by atoms with Crippen molar-refractivity contribution < 1.29 is 23.9 Å². The van der Waals surface area contributed by atoms with E-state index in [0.29, 0.717) is 36.7 Å². The number of likely N-dealkylation sites (tertiary alicyclic amines) is 1. The highest BCUT2D eigenvalue weighted by Crippen LogP contribution is 2.32. The number of hydrogen-bond donors (Lipinski definition) is 3. The van der Waals surface area contributed by atoms with Gasteiger partial charge in [-0.2, -0.15) is 0 Å². The zero-order valence-electron chi connectivity index (χ0n) is 19.3. The van der Waals surface area contributed by atoms with Gasteiger partial charge in [-0.3, -0.25) is 14.4 Å². The molecule has 1 unspecified atom stereocenters. The summed E-state index contributed by atoms with van der Waals surface area (Å²) in [5, 5.41) is 8.80. The molecule has 0 saturated carbocycles. The highest BCUT2D eigenvalue weighted by molar-refractivity contribution is 5.96. The van der Waals surface area contributed by atoms with Gasteiger partial charge in [-0.15, -0.1) is 0 Å². The molecule has 9 heteroatoms. The van der Waals surface area contributed by atoms with Crippen molar-refractivity contribution in [2.45, 2.75) is 38.3 Å². The molecule has 2 aromatic rings. The SMILES string of the molecule is CNCc1cccc(NC(=O)CN2CCCCC(NC(=O)Cc3ccc4c(c3)OCO4)C2=O)c1. The molecule has 1 saturated heterocycles. The van der Waals surface area contributed by atoms with Crippen LogP contribution in [0, 0.1) is 0 Å². The van der Waals surface area contributed by atoms with Gasteiger partial charge in [0.25, 0.3) is 0 Å². The molecule has 4 rings (SSSR count). The Morgan fingerprint density at radius 3 is 2.74 bits per heavy atom. The van der Waals surface area contributed by atoms with Gasteiger partial charge < -0.3 is 30.3 Å². The van der Waals surface area contributed by atoms with Crippen molar-refractivity contribution in [3.8, 4) is 11.5 Å². The predicted molar refractivity (Wildman–Crippen MR) is 126 cm³/mol.